The first-order valence-corrected chi connectivity index (χ1v) is 8.02. The van der Waals surface area contributed by atoms with Gasteiger partial charge in [0, 0.05) is 12.6 Å². The van der Waals surface area contributed by atoms with Gasteiger partial charge in [-0.3, -0.25) is 4.72 Å². The van der Waals surface area contributed by atoms with Crippen molar-refractivity contribution in [3.63, 3.8) is 0 Å². The van der Waals surface area contributed by atoms with Crippen LogP contribution in [0.15, 0.2) is 53.4 Å². The number of anilines is 1. The van der Waals surface area contributed by atoms with E-state index in [1.807, 2.05) is 6.92 Å². The normalized spacial score (nSPS) is 11.1. The fourth-order valence-electron chi connectivity index (χ4n) is 1.76. The molecule has 112 valence electrons. The number of ether oxygens (including phenoxy) is 1. The first kappa shape index (κ1) is 15.3. The van der Waals surface area contributed by atoms with Crippen LogP contribution >= 0.6 is 0 Å². The molecule has 0 heterocycles. The molecule has 0 aliphatic carbocycles. The molecule has 0 fully saturated rings. The van der Waals surface area contributed by atoms with Gasteiger partial charge in [-0.05, 0) is 31.2 Å². The van der Waals surface area contributed by atoms with Gasteiger partial charge in [0.15, 0.2) is 0 Å². The number of nitrogens with two attached hydrogens (primary N) is 1. The number of sulfonamides is 1. The summed E-state index contributed by atoms with van der Waals surface area (Å²) in [4.78, 5) is 0.223. The molecular weight excluding hydrogens is 288 g/mol. The molecule has 21 heavy (non-hydrogen) atoms. The predicted octanol–water partition coefficient (Wildman–Crippen LogP) is 2.13. The highest BCUT2D eigenvalue weighted by molar-refractivity contribution is 7.92. The number of benzene rings is 2. The van der Waals surface area contributed by atoms with Gasteiger partial charge in [0.1, 0.15) is 12.4 Å². The molecule has 0 unspecified atom stereocenters. The van der Waals surface area contributed by atoms with Crippen LogP contribution in [0.5, 0.6) is 5.75 Å². The lowest BCUT2D eigenvalue weighted by molar-refractivity contribution is 0.328. The quantitative estimate of drug-likeness (QED) is 0.856. The first-order chi connectivity index (χ1) is 10.0. The SMILES string of the molecule is Cc1ccc(S(=O)(=O)Nc2cccc(OCCN)c2)cc1. The van der Waals surface area contributed by atoms with Crippen LogP contribution in [-0.2, 0) is 10.0 Å². The Labute approximate surface area is 124 Å². The Balaban J connectivity index is 2.18. The lowest BCUT2D eigenvalue weighted by Crippen LogP contribution is -2.13. The lowest BCUT2D eigenvalue weighted by Gasteiger charge is -2.10. The second-order valence-corrected chi connectivity index (χ2v) is 6.27. The third kappa shape index (κ3) is 4.21. The van der Waals surface area contributed by atoms with E-state index in [1.54, 1.807) is 48.5 Å². The van der Waals surface area contributed by atoms with Crippen molar-refractivity contribution in [2.24, 2.45) is 5.73 Å². The molecule has 5 nitrogen and oxygen atoms in total. The largest absolute Gasteiger partial charge is 0.492 e. The smallest absolute Gasteiger partial charge is 0.261 e. The van der Waals surface area contributed by atoms with E-state index in [2.05, 4.69) is 4.72 Å². The van der Waals surface area contributed by atoms with Crippen LogP contribution in [0.2, 0.25) is 0 Å². The van der Waals surface area contributed by atoms with Crippen LogP contribution in [0.1, 0.15) is 5.56 Å². The molecule has 2 aromatic carbocycles. The number of hydrogen-bond acceptors (Lipinski definition) is 4. The minimum Gasteiger partial charge on any atom is -0.492 e. The summed E-state index contributed by atoms with van der Waals surface area (Å²) < 4.78 is 32.4. The fraction of sp³-hybridized carbons (Fsp3) is 0.200. The standard InChI is InChI=1S/C15H18N2O3S/c1-12-5-7-15(8-6-12)21(18,19)17-13-3-2-4-14(11-13)20-10-9-16/h2-8,11,17H,9-10,16H2,1H3. The molecule has 2 rings (SSSR count). The Morgan fingerprint density at radius 2 is 1.86 bits per heavy atom. The zero-order chi connectivity index (χ0) is 15.3. The van der Waals surface area contributed by atoms with Crippen LogP contribution in [0, 0.1) is 6.92 Å². The topological polar surface area (TPSA) is 81.4 Å². The molecule has 0 amide bonds. The van der Waals surface area contributed by atoms with Crippen molar-refractivity contribution >= 4 is 15.7 Å². The maximum Gasteiger partial charge on any atom is 0.261 e. The number of aryl methyl sites for hydroxylation is 1. The van der Waals surface area contributed by atoms with Gasteiger partial charge >= 0.3 is 0 Å². The van der Waals surface area contributed by atoms with Crippen molar-refractivity contribution in [2.45, 2.75) is 11.8 Å². The number of nitrogens with one attached hydrogen (secondary N) is 1. The van der Waals surface area contributed by atoms with Crippen molar-refractivity contribution in [1.82, 2.24) is 0 Å². The van der Waals surface area contributed by atoms with Gasteiger partial charge in [0.05, 0.1) is 10.6 Å². The summed E-state index contributed by atoms with van der Waals surface area (Å²) in [7, 11) is -3.60. The molecule has 0 atom stereocenters. The highest BCUT2D eigenvalue weighted by Crippen LogP contribution is 2.21. The number of rotatable bonds is 6. The van der Waals surface area contributed by atoms with Crippen molar-refractivity contribution in [2.75, 3.05) is 17.9 Å². The molecule has 3 N–H and O–H groups in total. The van der Waals surface area contributed by atoms with E-state index in [1.165, 1.54) is 0 Å². The zero-order valence-electron chi connectivity index (χ0n) is 11.7. The molecule has 0 spiro atoms. The van der Waals surface area contributed by atoms with Crippen LogP contribution in [0.4, 0.5) is 5.69 Å². The van der Waals surface area contributed by atoms with Crippen molar-refractivity contribution in [1.29, 1.82) is 0 Å². The highest BCUT2D eigenvalue weighted by Gasteiger charge is 2.13. The van der Waals surface area contributed by atoms with E-state index >= 15 is 0 Å². The summed E-state index contributed by atoms with van der Waals surface area (Å²) >= 11 is 0. The van der Waals surface area contributed by atoms with Gasteiger partial charge < -0.3 is 10.5 Å². The maximum absolute atomic E-state index is 12.3. The third-order valence-electron chi connectivity index (χ3n) is 2.80. The number of hydrogen-bond donors (Lipinski definition) is 2. The molecule has 2 aromatic rings. The van der Waals surface area contributed by atoms with Gasteiger partial charge in [0.2, 0.25) is 0 Å². The molecule has 0 aliphatic heterocycles. The molecule has 6 heteroatoms. The molecule has 0 saturated carbocycles. The van der Waals surface area contributed by atoms with Crippen molar-refractivity contribution in [3.8, 4) is 5.75 Å². The minimum absolute atomic E-state index is 0.223. The van der Waals surface area contributed by atoms with Gasteiger partial charge in [0.25, 0.3) is 10.0 Å². The predicted molar refractivity (Wildman–Crippen MR) is 83.0 cm³/mol. The third-order valence-corrected chi connectivity index (χ3v) is 4.20. The monoisotopic (exact) mass is 306 g/mol. The zero-order valence-corrected chi connectivity index (χ0v) is 12.6. The summed E-state index contributed by atoms with van der Waals surface area (Å²) in [6.45, 7) is 2.69. The van der Waals surface area contributed by atoms with E-state index in [0.717, 1.165) is 5.56 Å². The van der Waals surface area contributed by atoms with E-state index in [4.69, 9.17) is 10.5 Å². The van der Waals surface area contributed by atoms with Gasteiger partial charge in [-0.2, -0.15) is 0 Å². The molecule has 0 saturated heterocycles. The van der Waals surface area contributed by atoms with E-state index in [9.17, 15) is 8.42 Å². The van der Waals surface area contributed by atoms with E-state index in [0.29, 0.717) is 24.6 Å². The van der Waals surface area contributed by atoms with E-state index < -0.39 is 10.0 Å². The molecule has 0 aromatic heterocycles. The Hall–Kier alpha value is -2.05. The first-order valence-electron chi connectivity index (χ1n) is 6.54. The average Bonchev–Trinajstić information content (AvgIpc) is 2.45. The second kappa shape index (κ2) is 6.60. The Morgan fingerprint density at radius 1 is 1.14 bits per heavy atom. The molecule has 0 bridgehead atoms. The summed E-state index contributed by atoms with van der Waals surface area (Å²) in [6, 6.07) is 13.4. The fourth-order valence-corrected chi connectivity index (χ4v) is 2.81. The van der Waals surface area contributed by atoms with Crippen LogP contribution in [-0.4, -0.2) is 21.6 Å². The Bertz CT molecular complexity index is 697. The van der Waals surface area contributed by atoms with Crippen LogP contribution in [0.25, 0.3) is 0 Å². The maximum atomic E-state index is 12.3. The van der Waals surface area contributed by atoms with Crippen molar-refractivity contribution < 1.29 is 13.2 Å². The second-order valence-electron chi connectivity index (χ2n) is 4.58. The molecule has 0 aliphatic rings. The summed E-state index contributed by atoms with van der Waals surface area (Å²) in [5.74, 6) is 0.574. The van der Waals surface area contributed by atoms with Crippen LogP contribution in [0.3, 0.4) is 0 Å². The van der Waals surface area contributed by atoms with Gasteiger partial charge in [-0.15, -0.1) is 0 Å². The Morgan fingerprint density at radius 3 is 2.52 bits per heavy atom. The highest BCUT2D eigenvalue weighted by atomic mass is 32.2. The van der Waals surface area contributed by atoms with E-state index in [-0.39, 0.29) is 4.90 Å². The summed E-state index contributed by atoms with van der Waals surface area (Å²) in [5.41, 5.74) is 6.82. The average molecular weight is 306 g/mol. The minimum atomic E-state index is -3.60. The summed E-state index contributed by atoms with van der Waals surface area (Å²) in [6.07, 6.45) is 0. The molecule has 0 radical (unpaired) electrons. The summed E-state index contributed by atoms with van der Waals surface area (Å²) in [5, 5.41) is 0. The van der Waals surface area contributed by atoms with Gasteiger partial charge in [-0.1, -0.05) is 23.8 Å². The Kier molecular flexibility index (Phi) is 4.82. The lowest BCUT2D eigenvalue weighted by atomic mass is 10.2. The molecular formula is C15H18N2O3S. The van der Waals surface area contributed by atoms with Crippen LogP contribution < -0.4 is 15.2 Å². The van der Waals surface area contributed by atoms with Gasteiger partial charge in [-0.25, -0.2) is 8.42 Å². The van der Waals surface area contributed by atoms with Crippen molar-refractivity contribution in [3.05, 3.63) is 54.1 Å².